The van der Waals surface area contributed by atoms with Crippen molar-refractivity contribution in [3.05, 3.63) is 47.5 Å². The van der Waals surface area contributed by atoms with Crippen LogP contribution in [0.4, 0.5) is 0 Å². The van der Waals surface area contributed by atoms with Crippen LogP contribution in [-0.2, 0) is 0 Å². The van der Waals surface area contributed by atoms with Crippen LogP contribution in [0.3, 0.4) is 0 Å². The summed E-state index contributed by atoms with van der Waals surface area (Å²) in [6, 6.07) is 9.45. The largest absolute Gasteiger partial charge is 0.314 e. The quantitative estimate of drug-likeness (QED) is 0.851. The standard InChI is InChI=1S/C16H24N2.2ClH/c1-13(2)12-16(18-10-8-17-9-11-18)15-6-4-14(3)5-7-15;;/h4-7,16-17H,1,8-12H2,2-3H3;2*1H/t16-;;/m0../s1. The molecule has 1 aliphatic rings. The lowest BCUT2D eigenvalue weighted by molar-refractivity contribution is 0.172. The Labute approximate surface area is 135 Å². The predicted molar refractivity (Wildman–Crippen MR) is 92.3 cm³/mol. The smallest absolute Gasteiger partial charge is 0.0386 e. The van der Waals surface area contributed by atoms with Gasteiger partial charge >= 0.3 is 0 Å². The number of nitrogens with one attached hydrogen (secondary N) is 1. The lowest BCUT2D eigenvalue weighted by Crippen LogP contribution is -2.45. The van der Waals surface area contributed by atoms with Crippen LogP contribution in [0, 0.1) is 6.92 Å². The fourth-order valence-electron chi connectivity index (χ4n) is 2.57. The zero-order valence-electron chi connectivity index (χ0n) is 12.4. The van der Waals surface area contributed by atoms with Gasteiger partial charge in [-0.2, -0.15) is 0 Å². The summed E-state index contributed by atoms with van der Waals surface area (Å²) in [5.41, 5.74) is 4.01. The fraction of sp³-hybridized carbons (Fsp3) is 0.500. The van der Waals surface area contributed by atoms with E-state index in [0.717, 1.165) is 32.6 Å². The van der Waals surface area contributed by atoms with Crippen LogP contribution in [0.25, 0.3) is 0 Å². The molecule has 1 saturated heterocycles. The summed E-state index contributed by atoms with van der Waals surface area (Å²) in [6.07, 6.45) is 1.06. The first-order valence-corrected chi connectivity index (χ1v) is 6.82. The van der Waals surface area contributed by atoms with E-state index in [1.165, 1.54) is 16.7 Å². The van der Waals surface area contributed by atoms with Gasteiger partial charge in [-0.15, -0.1) is 31.4 Å². The van der Waals surface area contributed by atoms with Crippen molar-refractivity contribution < 1.29 is 0 Å². The second-order valence-electron chi connectivity index (χ2n) is 5.37. The molecule has 0 radical (unpaired) electrons. The van der Waals surface area contributed by atoms with E-state index in [1.54, 1.807) is 0 Å². The van der Waals surface area contributed by atoms with E-state index in [4.69, 9.17) is 0 Å². The van der Waals surface area contributed by atoms with Gasteiger partial charge in [0.15, 0.2) is 0 Å². The average Bonchev–Trinajstić information content (AvgIpc) is 2.38. The molecule has 4 heteroatoms. The Hall–Kier alpha value is -0.540. The molecule has 0 bridgehead atoms. The third-order valence-corrected chi connectivity index (χ3v) is 3.60. The summed E-state index contributed by atoms with van der Waals surface area (Å²) in [4.78, 5) is 2.58. The van der Waals surface area contributed by atoms with Gasteiger partial charge < -0.3 is 5.32 Å². The molecule has 2 nitrogen and oxygen atoms in total. The normalized spacial score (nSPS) is 16.7. The van der Waals surface area contributed by atoms with Gasteiger partial charge in [0, 0.05) is 32.2 Å². The molecule has 0 aromatic heterocycles. The van der Waals surface area contributed by atoms with Crippen LogP contribution >= 0.6 is 24.8 Å². The van der Waals surface area contributed by atoms with E-state index in [9.17, 15) is 0 Å². The number of aryl methyl sites for hydroxylation is 1. The number of hydrogen-bond donors (Lipinski definition) is 1. The molecular formula is C16H26Cl2N2. The SMILES string of the molecule is C=C(C)C[C@@H](c1ccc(C)cc1)N1CCNCC1.Cl.Cl. The van der Waals surface area contributed by atoms with E-state index >= 15 is 0 Å². The van der Waals surface area contributed by atoms with Gasteiger partial charge in [-0.3, -0.25) is 4.90 Å². The predicted octanol–water partition coefficient (Wildman–Crippen LogP) is 3.75. The molecule has 1 fully saturated rings. The summed E-state index contributed by atoms with van der Waals surface area (Å²) in [7, 11) is 0. The third kappa shape index (κ3) is 5.45. The van der Waals surface area contributed by atoms with E-state index in [2.05, 4.69) is 54.9 Å². The van der Waals surface area contributed by atoms with Gasteiger partial charge in [-0.1, -0.05) is 35.4 Å². The summed E-state index contributed by atoms with van der Waals surface area (Å²) >= 11 is 0. The number of hydrogen-bond acceptors (Lipinski definition) is 2. The molecule has 1 heterocycles. The van der Waals surface area contributed by atoms with Gasteiger partial charge in [0.05, 0.1) is 0 Å². The molecular weight excluding hydrogens is 291 g/mol. The summed E-state index contributed by atoms with van der Waals surface area (Å²) in [5, 5.41) is 3.42. The Morgan fingerprint density at radius 1 is 1.20 bits per heavy atom. The maximum absolute atomic E-state index is 4.09. The Morgan fingerprint density at radius 3 is 2.25 bits per heavy atom. The molecule has 1 atom stereocenters. The van der Waals surface area contributed by atoms with Crippen molar-refractivity contribution in [1.29, 1.82) is 0 Å². The van der Waals surface area contributed by atoms with Crippen LogP contribution in [0.15, 0.2) is 36.4 Å². The minimum absolute atomic E-state index is 0. The molecule has 1 aromatic rings. The first-order valence-electron chi connectivity index (χ1n) is 6.82. The third-order valence-electron chi connectivity index (χ3n) is 3.60. The van der Waals surface area contributed by atoms with Crippen molar-refractivity contribution in [2.45, 2.75) is 26.3 Å². The van der Waals surface area contributed by atoms with E-state index < -0.39 is 0 Å². The second-order valence-corrected chi connectivity index (χ2v) is 5.37. The molecule has 0 amide bonds. The van der Waals surface area contributed by atoms with Crippen LogP contribution in [0.2, 0.25) is 0 Å². The molecule has 20 heavy (non-hydrogen) atoms. The maximum Gasteiger partial charge on any atom is 0.0386 e. The molecule has 1 N–H and O–H groups in total. The molecule has 0 saturated carbocycles. The summed E-state index contributed by atoms with van der Waals surface area (Å²) in [5.74, 6) is 0. The van der Waals surface area contributed by atoms with Gasteiger partial charge in [0.2, 0.25) is 0 Å². The highest BCUT2D eigenvalue weighted by molar-refractivity contribution is 5.85. The number of benzene rings is 1. The lowest BCUT2D eigenvalue weighted by atomic mass is 9.97. The molecule has 2 rings (SSSR count). The Balaban J connectivity index is 0.00000180. The molecule has 0 aliphatic carbocycles. The van der Waals surface area contributed by atoms with Crippen LogP contribution in [0.5, 0.6) is 0 Å². The minimum atomic E-state index is 0. The zero-order valence-corrected chi connectivity index (χ0v) is 14.0. The molecule has 1 aliphatic heterocycles. The number of piperazine rings is 1. The van der Waals surface area contributed by atoms with Crippen LogP contribution in [0.1, 0.15) is 30.5 Å². The highest BCUT2D eigenvalue weighted by atomic mass is 35.5. The van der Waals surface area contributed by atoms with Gasteiger partial charge in [0.25, 0.3) is 0 Å². The Bertz CT molecular complexity index is 397. The number of rotatable bonds is 4. The van der Waals surface area contributed by atoms with E-state index in [0.29, 0.717) is 6.04 Å². The van der Waals surface area contributed by atoms with Crippen molar-refractivity contribution in [2.24, 2.45) is 0 Å². The monoisotopic (exact) mass is 316 g/mol. The maximum atomic E-state index is 4.09. The van der Waals surface area contributed by atoms with Crippen molar-refractivity contribution in [3.8, 4) is 0 Å². The number of halogens is 2. The summed E-state index contributed by atoms with van der Waals surface area (Å²) in [6.45, 7) is 12.8. The second kappa shape index (κ2) is 9.41. The molecule has 1 aromatic carbocycles. The van der Waals surface area contributed by atoms with E-state index in [1.807, 2.05) is 0 Å². The van der Waals surface area contributed by atoms with Gasteiger partial charge in [-0.05, 0) is 25.8 Å². The van der Waals surface area contributed by atoms with Gasteiger partial charge in [0.1, 0.15) is 0 Å². The Kier molecular flexibility index (Phi) is 9.15. The molecule has 0 unspecified atom stereocenters. The van der Waals surface area contributed by atoms with Gasteiger partial charge in [-0.25, -0.2) is 0 Å². The first kappa shape index (κ1) is 19.5. The van der Waals surface area contributed by atoms with Crippen molar-refractivity contribution in [2.75, 3.05) is 26.2 Å². The molecule has 0 spiro atoms. The molecule has 114 valence electrons. The highest BCUT2D eigenvalue weighted by Gasteiger charge is 2.21. The van der Waals surface area contributed by atoms with Crippen LogP contribution in [-0.4, -0.2) is 31.1 Å². The fourth-order valence-corrected chi connectivity index (χ4v) is 2.57. The average molecular weight is 317 g/mol. The van der Waals surface area contributed by atoms with Crippen LogP contribution < -0.4 is 5.32 Å². The minimum Gasteiger partial charge on any atom is -0.314 e. The van der Waals surface area contributed by atoms with Crippen molar-refractivity contribution in [1.82, 2.24) is 10.2 Å². The van der Waals surface area contributed by atoms with E-state index in [-0.39, 0.29) is 24.8 Å². The topological polar surface area (TPSA) is 15.3 Å². The zero-order chi connectivity index (χ0) is 13.0. The Morgan fingerprint density at radius 2 is 1.75 bits per heavy atom. The first-order chi connectivity index (χ1) is 8.66. The lowest BCUT2D eigenvalue weighted by Gasteiger charge is -2.35. The highest BCUT2D eigenvalue weighted by Crippen LogP contribution is 2.27. The summed E-state index contributed by atoms with van der Waals surface area (Å²) < 4.78 is 0. The van der Waals surface area contributed by atoms with Crippen molar-refractivity contribution >= 4 is 24.8 Å². The number of nitrogens with zero attached hydrogens (tertiary/aromatic N) is 1. The van der Waals surface area contributed by atoms with Crippen molar-refractivity contribution in [3.63, 3.8) is 0 Å².